The number of fused-ring (bicyclic) bond motifs is 1. The van der Waals surface area contributed by atoms with Crippen LogP contribution in [-0.4, -0.2) is 43.5 Å². The first-order valence-corrected chi connectivity index (χ1v) is 12.6. The van der Waals surface area contributed by atoms with Gasteiger partial charge in [-0.2, -0.15) is 0 Å². The fraction of sp³-hybridized carbons (Fsp3) is 0.483. The van der Waals surface area contributed by atoms with Crippen molar-refractivity contribution in [1.29, 1.82) is 0 Å². The molecule has 1 aliphatic carbocycles. The molecular formula is C29H36FNO3. The number of carbonyl (C=O) groups excluding carboxylic acids is 1. The van der Waals surface area contributed by atoms with E-state index in [0.717, 1.165) is 80.8 Å². The lowest BCUT2D eigenvalue weighted by Crippen LogP contribution is -2.38. The Bertz CT molecular complexity index is 993. The van der Waals surface area contributed by atoms with Crippen LogP contribution in [0.4, 0.5) is 4.39 Å². The van der Waals surface area contributed by atoms with Crippen molar-refractivity contribution < 1.29 is 18.7 Å². The Morgan fingerprint density at radius 1 is 1.06 bits per heavy atom. The van der Waals surface area contributed by atoms with Crippen LogP contribution in [0.1, 0.15) is 68.9 Å². The van der Waals surface area contributed by atoms with Crippen LogP contribution in [0.2, 0.25) is 0 Å². The first-order valence-electron chi connectivity index (χ1n) is 12.6. The molecule has 1 aliphatic heterocycles. The zero-order chi connectivity index (χ0) is 23.9. The first-order chi connectivity index (χ1) is 16.6. The van der Waals surface area contributed by atoms with Gasteiger partial charge in [-0.1, -0.05) is 25.5 Å². The summed E-state index contributed by atoms with van der Waals surface area (Å²) in [7, 11) is 1.67. The van der Waals surface area contributed by atoms with Gasteiger partial charge < -0.3 is 14.4 Å². The number of benzene rings is 2. The van der Waals surface area contributed by atoms with Crippen molar-refractivity contribution in [2.24, 2.45) is 0 Å². The number of Topliss-reactive ketones (excluding diaryl/α,β-unsaturated/α-hetero) is 1. The number of allylic oxidation sites excluding steroid dienone is 2. The van der Waals surface area contributed by atoms with Gasteiger partial charge in [0.15, 0.2) is 5.78 Å². The van der Waals surface area contributed by atoms with Crippen molar-refractivity contribution in [2.45, 2.75) is 63.9 Å². The number of ether oxygens (including phenoxy) is 2. The smallest absolute Gasteiger partial charge is 0.163 e. The number of hydrogen-bond acceptors (Lipinski definition) is 4. The monoisotopic (exact) mass is 465 g/mol. The SMILES string of the molecule is CCCCC(=O)C1=CC(CCCN2CCC(Oc3ccc(F)cc3)CC2)c2ccc(OC)cc21. The zero-order valence-corrected chi connectivity index (χ0v) is 20.4. The van der Waals surface area contributed by atoms with E-state index in [-0.39, 0.29) is 17.7 Å². The van der Waals surface area contributed by atoms with Crippen LogP contribution < -0.4 is 9.47 Å². The minimum absolute atomic E-state index is 0.193. The molecule has 1 saturated heterocycles. The second-order valence-corrected chi connectivity index (χ2v) is 9.42. The highest BCUT2D eigenvalue weighted by Gasteiger charge is 2.28. The van der Waals surface area contributed by atoms with Crippen LogP contribution in [-0.2, 0) is 4.79 Å². The Labute approximate surface area is 202 Å². The molecule has 1 heterocycles. The van der Waals surface area contributed by atoms with E-state index in [1.54, 1.807) is 19.2 Å². The van der Waals surface area contributed by atoms with Crippen molar-refractivity contribution >= 4 is 11.4 Å². The van der Waals surface area contributed by atoms with Crippen molar-refractivity contribution in [3.63, 3.8) is 0 Å². The quantitative estimate of drug-likeness (QED) is 0.385. The molecule has 2 aromatic rings. The van der Waals surface area contributed by atoms with Gasteiger partial charge in [0.05, 0.1) is 7.11 Å². The Balaban J connectivity index is 1.28. The van der Waals surface area contributed by atoms with E-state index >= 15 is 0 Å². The summed E-state index contributed by atoms with van der Waals surface area (Å²) >= 11 is 0. The van der Waals surface area contributed by atoms with Crippen LogP contribution in [0.15, 0.2) is 48.5 Å². The molecule has 2 aliphatic rings. The maximum absolute atomic E-state index is 13.1. The summed E-state index contributed by atoms with van der Waals surface area (Å²) in [6.45, 7) is 5.20. The van der Waals surface area contributed by atoms with Crippen molar-refractivity contribution in [1.82, 2.24) is 4.90 Å². The fourth-order valence-electron chi connectivity index (χ4n) is 5.04. The predicted octanol–water partition coefficient (Wildman–Crippen LogP) is 6.40. The van der Waals surface area contributed by atoms with Crippen LogP contribution in [0, 0.1) is 5.82 Å². The number of halogens is 1. The molecule has 0 amide bonds. The van der Waals surface area contributed by atoms with Gasteiger partial charge in [0, 0.05) is 31.0 Å². The molecule has 1 fully saturated rings. The summed E-state index contributed by atoms with van der Waals surface area (Å²) in [4.78, 5) is 15.4. The number of carbonyl (C=O) groups is 1. The van der Waals surface area contributed by atoms with Crippen molar-refractivity contribution in [3.05, 3.63) is 65.5 Å². The third-order valence-corrected chi connectivity index (χ3v) is 7.02. The van der Waals surface area contributed by atoms with Gasteiger partial charge >= 0.3 is 0 Å². The normalized spacial score (nSPS) is 18.4. The molecule has 0 radical (unpaired) electrons. The summed E-state index contributed by atoms with van der Waals surface area (Å²) in [5.74, 6) is 1.85. The largest absolute Gasteiger partial charge is 0.497 e. The number of hydrogen-bond donors (Lipinski definition) is 0. The van der Waals surface area contributed by atoms with Gasteiger partial charge in [0.25, 0.3) is 0 Å². The lowest BCUT2D eigenvalue weighted by molar-refractivity contribution is -0.113. The standard InChI is InChI=1S/C29H36FNO3/c1-3-4-7-29(32)28-19-21(26-13-12-25(33-2)20-27(26)28)6-5-16-31-17-14-24(15-18-31)34-23-10-8-22(30)9-11-23/h8-13,19-21,24H,3-7,14-18H2,1-2H3. The molecule has 0 bridgehead atoms. The van der Waals surface area contributed by atoms with Gasteiger partial charge in [-0.25, -0.2) is 4.39 Å². The molecular weight excluding hydrogens is 429 g/mol. The molecule has 5 heteroatoms. The topological polar surface area (TPSA) is 38.8 Å². The third kappa shape index (κ3) is 6.06. The molecule has 0 saturated carbocycles. The number of nitrogens with zero attached hydrogens (tertiary/aromatic N) is 1. The van der Waals surface area contributed by atoms with E-state index in [1.165, 1.54) is 17.7 Å². The van der Waals surface area contributed by atoms with E-state index in [2.05, 4.69) is 24.0 Å². The van der Waals surface area contributed by atoms with Gasteiger partial charge in [-0.3, -0.25) is 4.79 Å². The summed E-state index contributed by atoms with van der Waals surface area (Å²) in [5, 5.41) is 0. The lowest BCUT2D eigenvalue weighted by Gasteiger charge is -2.32. The Kier molecular flexibility index (Phi) is 8.39. The van der Waals surface area contributed by atoms with Gasteiger partial charge in [-0.05, 0) is 86.2 Å². The number of unbranched alkanes of at least 4 members (excludes halogenated alkanes) is 1. The van der Waals surface area contributed by atoms with E-state index in [4.69, 9.17) is 9.47 Å². The summed E-state index contributed by atoms with van der Waals surface area (Å²) < 4.78 is 24.5. The van der Waals surface area contributed by atoms with Crippen molar-refractivity contribution in [2.75, 3.05) is 26.7 Å². The molecule has 1 unspecified atom stereocenters. The highest BCUT2D eigenvalue weighted by atomic mass is 19.1. The first kappa shape index (κ1) is 24.5. The second-order valence-electron chi connectivity index (χ2n) is 9.42. The molecule has 182 valence electrons. The molecule has 0 aromatic heterocycles. The molecule has 34 heavy (non-hydrogen) atoms. The maximum Gasteiger partial charge on any atom is 0.163 e. The van der Waals surface area contributed by atoms with Gasteiger partial charge in [0.2, 0.25) is 0 Å². The third-order valence-electron chi connectivity index (χ3n) is 7.02. The van der Waals surface area contributed by atoms with Crippen molar-refractivity contribution in [3.8, 4) is 11.5 Å². The fourth-order valence-corrected chi connectivity index (χ4v) is 5.04. The van der Waals surface area contributed by atoms with E-state index in [0.29, 0.717) is 12.3 Å². The zero-order valence-electron chi connectivity index (χ0n) is 20.4. The van der Waals surface area contributed by atoms with Crippen LogP contribution in [0.3, 0.4) is 0 Å². The molecule has 4 nitrogen and oxygen atoms in total. The number of rotatable bonds is 11. The molecule has 2 aromatic carbocycles. The summed E-state index contributed by atoms with van der Waals surface area (Å²) in [6, 6.07) is 12.4. The van der Waals surface area contributed by atoms with Crippen LogP contribution in [0.5, 0.6) is 11.5 Å². The molecule has 1 atom stereocenters. The highest BCUT2D eigenvalue weighted by molar-refractivity contribution is 6.22. The second kappa shape index (κ2) is 11.7. The Hall–Kier alpha value is -2.66. The van der Waals surface area contributed by atoms with Crippen LogP contribution in [0.25, 0.3) is 5.57 Å². The minimum Gasteiger partial charge on any atom is -0.497 e. The highest BCUT2D eigenvalue weighted by Crippen LogP contribution is 2.41. The summed E-state index contributed by atoms with van der Waals surface area (Å²) in [6.07, 6.45) is 9.06. The number of ketones is 1. The summed E-state index contributed by atoms with van der Waals surface area (Å²) in [5.41, 5.74) is 3.20. The van der Waals surface area contributed by atoms with E-state index < -0.39 is 0 Å². The number of piperidine rings is 1. The van der Waals surface area contributed by atoms with E-state index in [9.17, 15) is 9.18 Å². The van der Waals surface area contributed by atoms with Gasteiger partial charge in [-0.15, -0.1) is 0 Å². The average molecular weight is 466 g/mol. The Morgan fingerprint density at radius 2 is 1.79 bits per heavy atom. The molecule has 0 N–H and O–H groups in total. The lowest BCUT2D eigenvalue weighted by atomic mass is 9.95. The average Bonchev–Trinajstić information content (AvgIpc) is 3.23. The maximum atomic E-state index is 13.1. The molecule has 0 spiro atoms. The molecule has 4 rings (SSSR count). The van der Waals surface area contributed by atoms with E-state index in [1.807, 2.05) is 12.1 Å². The van der Waals surface area contributed by atoms with Crippen LogP contribution >= 0.6 is 0 Å². The Morgan fingerprint density at radius 3 is 2.50 bits per heavy atom. The number of methoxy groups -OCH3 is 1. The number of likely N-dealkylation sites (tertiary alicyclic amines) is 1. The predicted molar refractivity (Wildman–Crippen MR) is 134 cm³/mol. The minimum atomic E-state index is -0.238. The van der Waals surface area contributed by atoms with Gasteiger partial charge in [0.1, 0.15) is 23.4 Å².